The van der Waals surface area contributed by atoms with Crippen molar-refractivity contribution in [1.82, 2.24) is 24.0 Å². The van der Waals surface area contributed by atoms with E-state index in [0.29, 0.717) is 13.2 Å². The smallest absolute Gasteiger partial charge is 0.163 e. The molecule has 0 bridgehead atoms. The summed E-state index contributed by atoms with van der Waals surface area (Å²) in [6, 6.07) is 18.7. The van der Waals surface area contributed by atoms with Crippen LogP contribution < -0.4 is 14.4 Å². The number of nitrogens with zero attached hydrogens (tertiary/aromatic N) is 6. The molecule has 11 heteroatoms. The van der Waals surface area contributed by atoms with Crippen LogP contribution in [0.1, 0.15) is 0 Å². The molecule has 2 aliphatic heterocycles. The van der Waals surface area contributed by atoms with Gasteiger partial charge < -0.3 is 23.5 Å². The summed E-state index contributed by atoms with van der Waals surface area (Å²) >= 11 is 10.3. The third-order valence-corrected chi connectivity index (χ3v) is 8.75. The van der Waals surface area contributed by atoms with Crippen molar-refractivity contribution in [3.63, 3.8) is 0 Å². The number of ether oxygens (including phenoxy) is 2. The van der Waals surface area contributed by atoms with E-state index in [9.17, 15) is 0 Å². The molecular formula is C30H31Br3N6O2. The van der Waals surface area contributed by atoms with Crippen LogP contribution >= 0.6 is 47.8 Å². The van der Waals surface area contributed by atoms with Crippen molar-refractivity contribution in [2.45, 2.75) is 13.1 Å². The van der Waals surface area contributed by atoms with Crippen molar-refractivity contribution in [2.75, 3.05) is 56.2 Å². The highest BCUT2D eigenvalue weighted by Gasteiger charge is 2.20. The third kappa shape index (κ3) is 6.74. The molecule has 0 atom stereocenters. The lowest BCUT2D eigenvalue weighted by Crippen LogP contribution is -2.47. The molecule has 2 aliphatic rings. The van der Waals surface area contributed by atoms with E-state index in [2.05, 4.69) is 113 Å². The van der Waals surface area contributed by atoms with Gasteiger partial charge in [-0.1, -0.05) is 47.8 Å². The summed E-state index contributed by atoms with van der Waals surface area (Å²) < 4.78 is 17.9. The maximum atomic E-state index is 5.72. The van der Waals surface area contributed by atoms with Gasteiger partial charge in [0.05, 0.1) is 34.7 Å². The Morgan fingerprint density at radius 3 is 1.90 bits per heavy atom. The number of piperazine rings is 1. The van der Waals surface area contributed by atoms with Crippen molar-refractivity contribution in [3.05, 3.63) is 76.2 Å². The van der Waals surface area contributed by atoms with E-state index in [4.69, 9.17) is 9.47 Å². The Morgan fingerprint density at radius 1 is 0.659 bits per heavy atom. The molecular weight excluding hydrogens is 716 g/mol. The number of rotatable bonds is 6. The molecule has 0 aliphatic carbocycles. The fourth-order valence-electron chi connectivity index (χ4n) is 5.23. The normalized spacial score (nSPS) is 15.2. The molecule has 1 fully saturated rings. The van der Waals surface area contributed by atoms with Crippen LogP contribution in [0.25, 0.3) is 22.1 Å². The van der Waals surface area contributed by atoms with Gasteiger partial charge in [0.15, 0.2) is 11.5 Å². The zero-order valence-corrected chi connectivity index (χ0v) is 27.3. The van der Waals surface area contributed by atoms with Gasteiger partial charge in [0.25, 0.3) is 0 Å². The van der Waals surface area contributed by atoms with Crippen LogP contribution in [0, 0.1) is 0 Å². The Morgan fingerprint density at radius 2 is 1.27 bits per heavy atom. The first-order valence-corrected chi connectivity index (χ1v) is 16.4. The van der Waals surface area contributed by atoms with E-state index in [1.807, 2.05) is 30.9 Å². The number of anilines is 1. The molecule has 1 saturated heterocycles. The van der Waals surface area contributed by atoms with Gasteiger partial charge in [-0.3, -0.25) is 4.90 Å². The molecule has 0 unspecified atom stereocenters. The van der Waals surface area contributed by atoms with E-state index >= 15 is 0 Å². The average molecular weight is 747 g/mol. The lowest BCUT2D eigenvalue weighted by atomic mass is 10.2. The summed E-state index contributed by atoms with van der Waals surface area (Å²) in [5.74, 6) is 1.72. The molecule has 3 aromatic carbocycles. The van der Waals surface area contributed by atoms with Gasteiger partial charge >= 0.3 is 0 Å². The van der Waals surface area contributed by atoms with Crippen LogP contribution in [0.3, 0.4) is 0 Å². The molecule has 4 heterocycles. The standard InChI is InChI=1S/C21H23BrN4O2.C9H8Br2N2/c22-16-1-3-19-18(13-16)23-15-26(19)10-7-24-5-8-25(9-6-24)17-2-4-20-21(14-17)28-12-11-27-20;10-3-4-13-6-12-8-5-7(11)1-2-9(8)13/h1-4,13-15H,5-12H2;1-2,5-6H,3-4H2. The predicted molar refractivity (Wildman–Crippen MR) is 175 cm³/mol. The molecule has 214 valence electrons. The summed E-state index contributed by atoms with van der Waals surface area (Å²) in [6.07, 6.45) is 3.82. The monoisotopic (exact) mass is 744 g/mol. The Kier molecular flexibility index (Phi) is 9.14. The zero-order valence-electron chi connectivity index (χ0n) is 22.6. The maximum absolute atomic E-state index is 5.72. The van der Waals surface area contributed by atoms with Gasteiger partial charge in [0.1, 0.15) is 13.2 Å². The minimum absolute atomic E-state index is 0.629. The van der Waals surface area contributed by atoms with Gasteiger partial charge in [-0.25, -0.2) is 9.97 Å². The molecule has 7 rings (SSSR count). The molecule has 0 radical (unpaired) electrons. The van der Waals surface area contributed by atoms with Crippen molar-refractivity contribution in [1.29, 1.82) is 0 Å². The molecule has 0 spiro atoms. The highest BCUT2D eigenvalue weighted by atomic mass is 79.9. The van der Waals surface area contributed by atoms with Crippen LogP contribution in [0.4, 0.5) is 5.69 Å². The maximum Gasteiger partial charge on any atom is 0.163 e. The molecule has 0 N–H and O–H groups in total. The highest BCUT2D eigenvalue weighted by molar-refractivity contribution is 9.10. The number of alkyl halides is 1. The van der Waals surface area contributed by atoms with Crippen molar-refractivity contribution < 1.29 is 9.47 Å². The predicted octanol–water partition coefficient (Wildman–Crippen LogP) is 6.59. The minimum atomic E-state index is 0.629. The topological polar surface area (TPSA) is 60.6 Å². The van der Waals surface area contributed by atoms with E-state index in [0.717, 1.165) is 82.6 Å². The number of fused-ring (bicyclic) bond motifs is 3. The number of hydrogen-bond donors (Lipinski definition) is 0. The van der Waals surface area contributed by atoms with Crippen LogP contribution in [-0.4, -0.2) is 75.3 Å². The Labute approximate surface area is 264 Å². The Hall–Kier alpha value is -2.60. The molecule has 41 heavy (non-hydrogen) atoms. The third-order valence-electron chi connectivity index (χ3n) is 7.41. The second-order valence-corrected chi connectivity index (χ2v) is 12.6. The number of halogens is 3. The van der Waals surface area contributed by atoms with E-state index in [-0.39, 0.29) is 0 Å². The van der Waals surface area contributed by atoms with Gasteiger partial charge in [0.2, 0.25) is 0 Å². The van der Waals surface area contributed by atoms with Crippen LogP contribution in [-0.2, 0) is 13.1 Å². The van der Waals surface area contributed by atoms with Gasteiger partial charge in [-0.2, -0.15) is 0 Å². The van der Waals surface area contributed by atoms with Gasteiger partial charge in [-0.15, -0.1) is 0 Å². The average Bonchev–Trinajstić information content (AvgIpc) is 3.59. The first-order valence-electron chi connectivity index (χ1n) is 13.7. The number of aryl methyl sites for hydroxylation is 1. The largest absolute Gasteiger partial charge is 0.486 e. The van der Waals surface area contributed by atoms with Crippen LogP contribution in [0.5, 0.6) is 11.5 Å². The van der Waals surface area contributed by atoms with Gasteiger partial charge in [-0.05, 0) is 48.5 Å². The summed E-state index contributed by atoms with van der Waals surface area (Å²) in [7, 11) is 0. The minimum Gasteiger partial charge on any atom is -0.486 e. The molecule has 2 aromatic heterocycles. The molecule has 0 saturated carbocycles. The SMILES string of the molecule is BrCCn1cnc2cc(Br)ccc21.Brc1ccc2c(c1)ncn2CCN1CCN(c2ccc3c(c2)OCCO3)CC1. The van der Waals surface area contributed by atoms with Gasteiger partial charge in [0, 0.05) is 71.8 Å². The first kappa shape index (κ1) is 28.5. The van der Waals surface area contributed by atoms with E-state index in [1.54, 1.807) is 0 Å². The van der Waals surface area contributed by atoms with Crippen LogP contribution in [0.2, 0.25) is 0 Å². The second-order valence-electron chi connectivity index (χ2n) is 9.99. The van der Waals surface area contributed by atoms with Crippen molar-refractivity contribution >= 4 is 75.5 Å². The zero-order chi connectivity index (χ0) is 28.2. The van der Waals surface area contributed by atoms with Crippen molar-refractivity contribution in [2.24, 2.45) is 0 Å². The Bertz CT molecular complexity index is 1630. The number of aromatic nitrogens is 4. The lowest BCUT2D eigenvalue weighted by Gasteiger charge is -2.36. The lowest BCUT2D eigenvalue weighted by molar-refractivity contribution is 0.171. The quantitative estimate of drug-likeness (QED) is 0.183. The number of imidazole rings is 2. The Balaban J connectivity index is 0.000000195. The fourth-order valence-corrected chi connectivity index (χ4v) is 6.31. The highest BCUT2D eigenvalue weighted by Crippen LogP contribution is 2.34. The van der Waals surface area contributed by atoms with Crippen molar-refractivity contribution in [3.8, 4) is 11.5 Å². The van der Waals surface area contributed by atoms with Crippen LogP contribution in [0.15, 0.2) is 76.2 Å². The van der Waals surface area contributed by atoms with E-state index < -0.39 is 0 Å². The molecule has 8 nitrogen and oxygen atoms in total. The summed E-state index contributed by atoms with van der Waals surface area (Å²) in [5, 5.41) is 0.953. The number of benzene rings is 3. The number of hydrogen-bond acceptors (Lipinski definition) is 6. The molecule has 0 amide bonds. The fraction of sp³-hybridized carbons (Fsp3) is 0.333. The van der Waals surface area contributed by atoms with E-state index in [1.165, 1.54) is 16.7 Å². The summed E-state index contributed by atoms with van der Waals surface area (Å²) in [6.45, 7) is 8.39. The summed E-state index contributed by atoms with van der Waals surface area (Å²) in [5.41, 5.74) is 5.67. The summed E-state index contributed by atoms with van der Waals surface area (Å²) in [4.78, 5) is 13.8. The first-order chi connectivity index (χ1) is 20.1. The second kappa shape index (κ2) is 13.1. The molecule has 5 aromatic rings.